The Kier molecular flexibility index (Phi) is 5.44. The van der Waals surface area contributed by atoms with Gasteiger partial charge in [0.05, 0.1) is 0 Å². The Morgan fingerprint density at radius 3 is 1.42 bits per heavy atom. The first-order chi connectivity index (χ1) is 12.7. The molecular formula is C22H18NO3. The minimum Gasteiger partial charge on any atom is -0.452 e. The van der Waals surface area contributed by atoms with Crippen molar-refractivity contribution in [2.24, 2.45) is 0 Å². The fraction of sp³-hybridized carbons (Fsp3) is 0.0909. The van der Waals surface area contributed by atoms with Crippen molar-refractivity contribution in [3.05, 3.63) is 108 Å². The molecule has 26 heavy (non-hydrogen) atoms. The average Bonchev–Trinajstić information content (AvgIpc) is 2.68. The van der Waals surface area contributed by atoms with Crippen molar-refractivity contribution in [1.82, 2.24) is 5.73 Å². The van der Waals surface area contributed by atoms with Gasteiger partial charge in [-0.3, -0.25) is 15.3 Å². The van der Waals surface area contributed by atoms with Crippen LogP contribution in [-0.4, -0.2) is 11.9 Å². The third-order valence-electron chi connectivity index (χ3n) is 4.07. The summed E-state index contributed by atoms with van der Waals surface area (Å²) in [5.41, 5.74) is 9.58. The number of rotatable bonds is 6. The number of nitrogens with one attached hydrogen (secondary N) is 1. The smallest absolute Gasteiger partial charge is 0.324 e. The molecule has 1 unspecified atom stereocenters. The van der Waals surface area contributed by atoms with Crippen molar-refractivity contribution in [1.29, 1.82) is 0 Å². The van der Waals surface area contributed by atoms with Crippen LogP contribution < -0.4 is 5.73 Å². The number of hydrogen-bond donors (Lipinski definition) is 0. The van der Waals surface area contributed by atoms with Gasteiger partial charge in [0.2, 0.25) is 0 Å². The maximum Gasteiger partial charge on any atom is 0.324 e. The van der Waals surface area contributed by atoms with Crippen LogP contribution >= 0.6 is 0 Å². The Labute approximate surface area is 152 Å². The van der Waals surface area contributed by atoms with E-state index in [0.717, 1.165) is 11.1 Å². The van der Waals surface area contributed by atoms with E-state index >= 15 is 0 Å². The minimum atomic E-state index is -1.26. The highest BCUT2D eigenvalue weighted by Crippen LogP contribution is 2.29. The van der Waals surface area contributed by atoms with Crippen molar-refractivity contribution in [3.8, 4) is 0 Å². The van der Waals surface area contributed by atoms with Crippen LogP contribution in [0, 0.1) is 0 Å². The molecule has 4 heteroatoms. The molecule has 1 amide bonds. The van der Waals surface area contributed by atoms with Gasteiger partial charge in [-0.2, -0.15) is 0 Å². The summed E-state index contributed by atoms with van der Waals surface area (Å²) in [7, 11) is 0. The summed E-state index contributed by atoms with van der Waals surface area (Å²) in [4.78, 5) is 24.6. The molecule has 1 radical (unpaired) electrons. The van der Waals surface area contributed by atoms with Gasteiger partial charge >= 0.3 is 5.97 Å². The zero-order valence-electron chi connectivity index (χ0n) is 14.0. The third-order valence-corrected chi connectivity index (χ3v) is 4.07. The molecule has 0 aliphatic carbocycles. The van der Waals surface area contributed by atoms with Crippen LogP contribution in [0.3, 0.4) is 0 Å². The van der Waals surface area contributed by atoms with Gasteiger partial charge in [-0.25, -0.2) is 0 Å². The van der Waals surface area contributed by atoms with Crippen LogP contribution in [0.4, 0.5) is 0 Å². The van der Waals surface area contributed by atoms with Crippen LogP contribution in [0.1, 0.15) is 28.7 Å². The lowest BCUT2D eigenvalue weighted by Gasteiger charge is -2.21. The number of ether oxygens (including phenoxy) is 1. The van der Waals surface area contributed by atoms with Crippen LogP contribution in [0.15, 0.2) is 91.0 Å². The first kappa shape index (κ1) is 17.4. The molecule has 3 rings (SSSR count). The molecule has 0 bridgehead atoms. The van der Waals surface area contributed by atoms with Crippen molar-refractivity contribution in [2.75, 3.05) is 0 Å². The van der Waals surface area contributed by atoms with E-state index in [-0.39, 0.29) is 0 Å². The van der Waals surface area contributed by atoms with E-state index < -0.39 is 23.9 Å². The number of amides is 1. The quantitative estimate of drug-likeness (QED) is 0.503. The van der Waals surface area contributed by atoms with E-state index in [4.69, 9.17) is 10.5 Å². The molecule has 0 saturated heterocycles. The molecule has 0 heterocycles. The lowest BCUT2D eigenvalue weighted by atomic mass is 9.97. The SMILES string of the molecule is [NH]C(=O)C(C(=O)OC(c1ccccc1)c1ccccc1)c1ccccc1. The molecule has 0 aromatic heterocycles. The second-order valence-corrected chi connectivity index (χ2v) is 5.85. The highest BCUT2D eigenvalue weighted by Gasteiger charge is 2.31. The second-order valence-electron chi connectivity index (χ2n) is 5.85. The zero-order valence-corrected chi connectivity index (χ0v) is 14.0. The molecule has 4 nitrogen and oxygen atoms in total. The molecule has 129 valence electrons. The number of esters is 1. The highest BCUT2D eigenvalue weighted by molar-refractivity contribution is 6.02. The van der Waals surface area contributed by atoms with Crippen LogP contribution in [0.2, 0.25) is 0 Å². The summed E-state index contributed by atoms with van der Waals surface area (Å²) in [6.45, 7) is 0. The molecule has 3 aromatic rings. The van der Waals surface area contributed by atoms with Crippen molar-refractivity contribution in [2.45, 2.75) is 12.0 Å². The fourth-order valence-corrected chi connectivity index (χ4v) is 2.81. The predicted octanol–water partition coefficient (Wildman–Crippen LogP) is 3.91. The van der Waals surface area contributed by atoms with E-state index in [1.807, 2.05) is 60.7 Å². The van der Waals surface area contributed by atoms with Crippen molar-refractivity contribution in [3.63, 3.8) is 0 Å². The molecule has 0 fully saturated rings. The van der Waals surface area contributed by atoms with Gasteiger partial charge in [0.1, 0.15) is 0 Å². The maximum atomic E-state index is 12.8. The molecular weight excluding hydrogens is 326 g/mol. The molecule has 1 atom stereocenters. The Hall–Kier alpha value is -3.40. The minimum absolute atomic E-state index is 0.456. The maximum absolute atomic E-state index is 12.8. The lowest BCUT2D eigenvalue weighted by Crippen LogP contribution is -2.26. The predicted molar refractivity (Wildman–Crippen MR) is 98.1 cm³/mol. The van der Waals surface area contributed by atoms with Crippen molar-refractivity contribution < 1.29 is 14.3 Å². The van der Waals surface area contributed by atoms with Gasteiger partial charge in [-0.15, -0.1) is 0 Å². The fourth-order valence-electron chi connectivity index (χ4n) is 2.81. The Bertz CT molecular complexity index is 824. The molecule has 0 saturated carbocycles. The Balaban J connectivity index is 1.93. The Morgan fingerprint density at radius 1 is 0.654 bits per heavy atom. The number of hydrogen-bond acceptors (Lipinski definition) is 3. The third kappa shape index (κ3) is 3.98. The second kappa shape index (κ2) is 8.12. The van der Waals surface area contributed by atoms with E-state index in [1.54, 1.807) is 30.3 Å². The largest absolute Gasteiger partial charge is 0.452 e. The van der Waals surface area contributed by atoms with Crippen LogP contribution in [0.5, 0.6) is 0 Å². The topological polar surface area (TPSA) is 67.2 Å². The zero-order chi connectivity index (χ0) is 18.4. The molecule has 0 spiro atoms. The lowest BCUT2D eigenvalue weighted by molar-refractivity contribution is -0.151. The van der Waals surface area contributed by atoms with E-state index in [0.29, 0.717) is 5.56 Å². The Morgan fingerprint density at radius 2 is 1.04 bits per heavy atom. The van der Waals surface area contributed by atoms with Gasteiger partial charge < -0.3 is 4.74 Å². The molecule has 1 N–H and O–H groups in total. The van der Waals surface area contributed by atoms with Gasteiger partial charge in [-0.1, -0.05) is 91.0 Å². The van der Waals surface area contributed by atoms with Gasteiger partial charge in [0.25, 0.3) is 5.91 Å². The summed E-state index contributed by atoms with van der Waals surface area (Å²) in [6.07, 6.45) is -0.643. The first-order valence-corrected chi connectivity index (χ1v) is 8.27. The molecule has 3 aromatic carbocycles. The number of benzene rings is 3. The monoisotopic (exact) mass is 344 g/mol. The highest BCUT2D eigenvalue weighted by atomic mass is 16.5. The van der Waals surface area contributed by atoms with Gasteiger partial charge in [0.15, 0.2) is 12.0 Å². The standard InChI is InChI=1S/C22H18NO3/c23-21(24)19(16-10-4-1-5-11-16)22(25)26-20(17-12-6-2-7-13-17)18-14-8-3-9-15-18/h1-15,19-20,23H. The summed E-state index contributed by atoms with van der Waals surface area (Å²) >= 11 is 0. The summed E-state index contributed by atoms with van der Waals surface area (Å²) in [5.74, 6) is -2.97. The van der Waals surface area contributed by atoms with Gasteiger partial charge in [-0.05, 0) is 16.7 Å². The summed E-state index contributed by atoms with van der Waals surface area (Å²) in [5, 5.41) is 0. The normalized spacial score (nSPS) is 11.7. The first-order valence-electron chi connectivity index (χ1n) is 8.27. The van der Waals surface area contributed by atoms with Crippen molar-refractivity contribution >= 4 is 11.9 Å². The molecule has 0 aliphatic heterocycles. The van der Waals surface area contributed by atoms with E-state index in [1.165, 1.54) is 0 Å². The van der Waals surface area contributed by atoms with Gasteiger partial charge in [0, 0.05) is 0 Å². The van der Waals surface area contributed by atoms with E-state index in [9.17, 15) is 9.59 Å². The summed E-state index contributed by atoms with van der Waals surface area (Å²) < 4.78 is 5.72. The average molecular weight is 344 g/mol. The number of carbonyl (C=O) groups excluding carboxylic acids is 2. The van der Waals surface area contributed by atoms with E-state index in [2.05, 4.69) is 0 Å². The number of carbonyl (C=O) groups is 2. The van der Waals surface area contributed by atoms with Crippen LogP contribution in [-0.2, 0) is 14.3 Å². The van der Waals surface area contributed by atoms with Crippen LogP contribution in [0.25, 0.3) is 0 Å². The summed E-state index contributed by atoms with van der Waals surface area (Å²) in [6, 6.07) is 27.2. The molecule has 0 aliphatic rings.